The zero-order chi connectivity index (χ0) is 32.1. The van der Waals surface area contributed by atoms with Gasteiger partial charge in [-0.05, 0) is 69.4 Å². The normalized spacial score (nSPS) is 14.1. The van der Waals surface area contributed by atoms with E-state index in [9.17, 15) is 19.2 Å². The van der Waals surface area contributed by atoms with Gasteiger partial charge in [0, 0.05) is 30.8 Å². The summed E-state index contributed by atoms with van der Waals surface area (Å²) in [5.74, 6) is -2.84. The summed E-state index contributed by atoms with van der Waals surface area (Å²) in [7, 11) is 2.75. The van der Waals surface area contributed by atoms with Gasteiger partial charge in [0.2, 0.25) is 11.8 Å². The SMILES string of the molecule is CNC(=O)c1ccc(-c2cccc3c2CCN(C(=O)/C=C/c2c(-n4cnnn4)ccc(Cl)c2F)C3C(=O)NCC(=O)OC)cc1. The summed E-state index contributed by atoms with van der Waals surface area (Å²) in [4.78, 5) is 52.5. The number of benzene rings is 3. The van der Waals surface area contributed by atoms with Gasteiger partial charge in [0.05, 0.1) is 17.8 Å². The van der Waals surface area contributed by atoms with Crippen LogP contribution >= 0.6 is 11.6 Å². The predicted molar refractivity (Wildman–Crippen MR) is 162 cm³/mol. The third kappa shape index (κ3) is 6.43. The van der Waals surface area contributed by atoms with Gasteiger partial charge in [0.25, 0.3) is 5.91 Å². The van der Waals surface area contributed by atoms with Crippen LogP contribution in [0.4, 0.5) is 4.39 Å². The predicted octanol–water partition coefficient (Wildman–Crippen LogP) is 2.91. The number of halogens is 2. The van der Waals surface area contributed by atoms with Crippen LogP contribution in [0.1, 0.15) is 33.1 Å². The molecule has 45 heavy (non-hydrogen) atoms. The number of rotatable bonds is 8. The van der Waals surface area contributed by atoms with Crippen molar-refractivity contribution < 1.29 is 28.3 Å². The molecule has 3 aromatic carbocycles. The molecular formula is C31H27ClFN7O5. The van der Waals surface area contributed by atoms with E-state index in [0.29, 0.717) is 17.5 Å². The average Bonchev–Trinajstić information content (AvgIpc) is 3.61. The Morgan fingerprint density at radius 2 is 1.89 bits per heavy atom. The Labute approximate surface area is 261 Å². The van der Waals surface area contributed by atoms with E-state index in [1.165, 1.54) is 41.2 Å². The van der Waals surface area contributed by atoms with Gasteiger partial charge in [-0.3, -0.25) is 19.2 Å². The molecule has 0 saturated carbocycles. The van der Waals surface area contributed by atoms with Crippen LogP contribution < -0.4 is 10.6 Å². The van der Waals surface area contributed by atoms with E-state index >= 15 is 4.39 Å². The van der Waals surface area contributed by atoms with Gasteiger partial charge >= 0.3 is 5.97 Å². The third-order valence-corrected chi connectivity index (χ3v) is 7.66. The number of carbonyl (C=O) groups excluding carboxylic acids is 4. The van der Waals surface area contributed by atoms with E-state index in [1.54, 1.807) is 31.3 Å². The number of aromatic nitrogens is 4. The first-order valence-electron chi connectivity index (χ1n) is 13.7. The van der Waals surface area contributed by atoms with Crippen molar-refractivity contribution in [3.8, 4) is 16.8 Å². The first kappa shape index (κ1) is 31.0. The van der Waals surface area contributed by atoms with Crippen LogP contribution in [-0.4, -0.2) is 76.0 Å². The standard InChI is InChI=1S/C31H27ClFN7O5/c1-34-30(43)19-8-6-18(7-9-19)20-4-3-5-22-21(20)14-15-39(29(22)31(44)35-16-27(42)45-2)26(41)13-10-23-25(40-17-36-37-38-40)12-11-24(32)28(23)33/h3-13,17,29H,14-16H2,1-2H3,(H,34,43)(H,35,44)/b13-10+. The molecule has 1 aliphatic heterocycles. The van der Waals surface area contributed by atoms with Crippen LogP contribution in [0.2, 0.25) is 5.02 Å². The van der Waals surface area contributed by atoms with Gasteiger partial charge in [-0.15, -0.1) is 5.10 Å². The van der Waals surface area contributed by atoms with Crippen LogP contribution in [0.15, 0.2) is 67.0 Å². The molecule has 2 N–H and O–H groups in total. The van der Waals surface area contributed by atoms with Crippen LogP contribution in [-0.2, 0) is 25.5 Å². The first-order chi connectivity index (χ1) is 21.7. The lowest BCUT2D eigenvalue weighted by Crippen LogP contribution is -2.47. The second-order valence-electron chi connectivity index (χ2n) is 9.89. The smallest absolute Gasteiger partial charge is 0.325 e. The van der Waals surface area contributed by atoms with E-state index in [2.05, 4.69) is 30.9 Å². The van der Waals surface area contributed by atoms with Crippen molar-refractivity contribution in [1.82, 2.24) is 35.7 Å². The maximum atomic E-state index is 15.1. The molecule has 0 fully saturated rings. The van der Waals surface area contributed by atoms with E-state index in [0.717, 1.165) is 22.8 Å². The molecule has 1 atom stereocenters. The maximum Gasteiger partial charge on any atom is 0.325 e. The van der Waals surface area contributed by atoms with Crippen molar-refractivity contribution in [3.63, 3.8) is 0 Å². The number of carbonyl (C=O) groups is 4. The molecule has 1 unspecified atom stereocenters. The van der Waals surface area contributed by atoms with Crippen molar-refractivity contribution in [3.05, 3.63) is 100 Å². The molecule has 0 spiro atoms. The minimum absolute atomic E-state index is 0.0326. The molecule has 0 aliphatic carbocycles. The second-order valence-corrected chi connectivity index (χ2v) is 10.3. The number of amides is 3. The largest absolute Gasteiger partial charge is 0.468 e. The Bertz CT molecular complexity index is 1790. The zero-order valence-corrected chi connectivity index (χ0v) is 24.9. The number of hydrogen-bond donors (Lipinski definition) is 2. The van der Waals surface area contributed by atoms with Gasteiger partial charge in [-0.2, -0.15) is 4.68 Å². The number of hydrogen-bond acceptors (Lipinski definition) is 8. The molecule has 1 aliphatic rings. The molecule has 0 bridgehead atoms. The summed E-state index contributed by atoms with van der Waals surface area (Å²) >= 11 is 6.03. The topological polar surface area (TPSA) is 148 Å². The Balaban J connectivity index is 1.51. The molecule has 14 heteroatoms. The Kier molecular flexibility index (Phi) is 9.28. The quantitative estimate of drug-likeness (QED) is 0.223. The van der Waals surface area contributed by atoms with Gasteiger partial charge in [0.1, 0.15) is 18.9 Å². The van der Waals surface area contributed by atoms with E-state index in [1.807, 2.05) is 18.2 Å². The monoisotopic (exact) mass is 631 g/mol. The molecule has 0 radical (unpaired) electrons. The summed E-state index contributed by atoms with van der Waals surface area (Å²) in [5.41, 5.74) is 3.74. The highest BCUT2D eigenvalue weighted by Crippen LogP contribution is 2.37. The zero-order valence-electron chi connectivity index (χ0n) is 24.2. The third-order valence-electron chi connectivity index (χ3n) is 7.37. The average molecular weight is 632 g/mol. The lowest BCUT2D eigenvalue weighted by Gasteiger charge is -2.36. The first-order valence-corrected chi connectivity index (χ1v) is 14.1. The molecule has 230 valence electrons. The Morgan fingerprint density at radius 1 is 1.11 bits per heavy atom. The number of fused-ring (bicyclic) bond motifs is 1. The molecule has 4 aromatic rings. The van der Waals surface area contributed by atoms with Crippen LogP contribution in [0.3, 0.4) is 0 Å². The Morgan fingerprint density at radius 3 is 2.58 bits per heavy atom. The summed E-state index contributed by atoms with van der Waals surface area (Å²) in [5, 5.41) is 15.9. The van der Waals surface area contributed by atoms with Gasteiger partial charge in [-0.1, -0.05) is 41.9 Å². The van der Waals surface area contributed by atoms with E-state index in [-0.39, 0.29) is 28.7 Å². The fraction of sp³-hybridized carbons (Fsp3) is 0.194. The lowest BCUT2D eigenvalue weighted by molar-refractivity contribution is -0.143. The van der Waals surface area contributed by atoms with Gasteiger partial charge in [0.15, 0.2) is 5.82 Å². The second kappa shape index (κ2) is 13.5. The van der Waals surface area contributed by atoms with Crippen molar-refractivity contribution in [2.24, 2.45) is 0 Å². The molecule has 2 heterocycles. The molecular weight excluding hydrogens is 605 g/mol. The molecule has 0 saturated heterocycles. The summed E-state index contributed by atoms with van der Waals surface area (Å²) in [6.07, 6.45) is 4.07. The van der Waals surface area contributed by atoms with E-state index in [4.69, 9.17) is 11.6 Å². The molecule has 3 amide bonds. The fourth-order valence-corrected chi connectivity index (χ4v) is 5.33. The van der Waals surface area contributed by atoms with Crippen molar-refractivity contribution in [2.75, 3.05) is 27.2 Å². The summed E-state index contributed by atoms with van der Waals surface area (Å²) in [6.45, 7) is -0.263. The minimum atomic E-state index is -1.12. The number of esters is 1. The molecule has 5 rings (SSSR count). The van der Waals surface area contributed by atoms with Crippen molar-refractivity contribution in [2.45, 2.75) is 12.5 Å². The van der Waals surface area contributed by atoms with E-state index < -0.39 is 36.2 Å². The van der Waals surface area contributed by atoms with Crippen LogP contribution in [0.5, 0.6) is 0 Å². The highest BCUT2D eigenvalue weighted by molar-refractivity contribution is 6.31. The van der Waals surface area contributed by atoms with Gasteiger partial charge in [-0.25, -0.2) is 4.39 Å². The molecule has 12 nitrogen and oxygen atoms in total. The maximum absolute atomic E-state index is 15.1. The minimum Gasteiger partial charge on any atom is -0.468 e. The summed E-state index contributed by atoms with van der Waals surface area (Å²) in [6, 6.07) is 14.2. The summed E-state index contributed by atoms with van der Waals surface area (Å²) < 4.78 is 21.0. The number of ether oxygens (including phenoxy) is 1. The fourth-order valence-electron chi connectivity index (χ4n) is 5.17. The highest BCUT2D eigenvalue weighted by Gasteiger charge is 2.36. The Hall–Kier alpha value is -5.43. The number of methoxy groups -OCH3 is 1. The number of tetrazole rings is 1. The lowest BCUT2D eigenvalue weighted by atomic mass is 9.86. The number of nitrogens with zero attached hydrogens (tertiary/aromatic N) is 5. The highest BCUT2D eigenvalue weighted by atomic mass is 35.5. The number of nitrogens with one attached hydrogen (secondary N) is 2. The van der Waals surface area contributed by atoms with Crippen molar-refractivity contribution in [1.29, 1.82) is 0 Å². The van der Waals surface area contributed by atoms with Crippen molar-refractivity contribution >= 4 is 41.4 Å². The van der Waals surface area contributed by atoms with Crippen LogP contribution in [0.25, 0.3) is 22.9 Å². The molecule has 1 aromatic heterocycles. The van der Waals surface area contributed by atoms with Gasteiger partial charge < -0.3 is 20.3 Å². The van der Waals surface area contributed by atoms with Crippen LogP contribution in [0, 0.1) is 5.82 Å².